The Bertz CT molecular complexity index is 1090. The van der Waals surface area contributed by atoms with Crippen molar-refractivity contribution in [3.8, 4) is 12.1 Å². The largest absolute Gasteiger partial charge is 0.271 e. The molecule has 0 aliphatic heterocycles. The monoisotopic (exact) mass is 306 g/mol. The molecule has 0 N–H and O–H groups in total. The molecule has 108 valence electrons. The van der Waals surface area contributed by atoms with Crippen molar-refractivity contribution in [2.75, 3.05) is 0 Å². The zero-order chi connectivity index (χ0) is 17.1. The average molecular weight is 306 g/mol. The van der Waals surface area contributed by atoms with E-state index >= 15 is 0 Å². The fraction of sp³-hybridized carbons (Fsp3) is 0. The van der Waals surface area contributed by atoms with Crippen molar-refractivity contribution >= 4 is 33.2 Å². The normalized spacial score (nSPS) is 12.5. The maximum Gasteiger partial charge on any atom is 0.271 e. The molecule has 0 saturated carbocycles. The van der Waals surface area contributed by atoms with E-state index in [0.29, 0.717) is 32.2 Å². The van der Waals surface area contributed by atoms with Crippen LogP contribution in [0.25, 0.3) is 42.9 Å². The summed E-state index contributed by atoms with van der Waals surface area (Å²) in [5.74, 6) is 0. The van der Waals surface area contributed by atoms with Crippen LogP contribution in [-0.2, 0) is 0 Å². The van der Waals surface area contributed by atoms with Crippen LogP contribution >= 0.6 is 0 Å². The molecule has 0 unspecified atom stereocenters. The van der Waals surface area contributed by atoms with Crippen LogP contribution in [0.15, 0.2) is 36.7 Å². The van der Waals surface area contributed by atoms with E-state index in [4.69, 9.17) is 13.1 Å². The standard InChI is InChI=1S/C18H6N6/c1-21-13(9-19)15-11-5-3-4-6-12(11)16(14(10-20)22-2)18-17(15)23-7-8-24-18/h3-8H. The first kappa shape index (κ1) is 14.7. The van der Waals surface area contributed by atoms with Gasteiger partial charge < -0.3 is 0 Å². The highest BCUT2D eigenvalue weighted by Crippen LogP contribution is 2.14. The lowest BCUT2D eigenvalue weighted by Gasteiger charge is -2.06. The van der Waals surface area contributed by atoms with Gasteiger partial charge in [-0.3, -0.25) is 9.97 Å². The number of hydrogen-bond donors (Lipinski definition) is 0. The lowest BCUT2D eigenvalue weighted by molar-refractivity contribution is 1.28. The van der Waals surface area contributed by atoms with Gasteiger partial charge in [0.2, 0.25) is 0 Å². The van der Waals surface area contributed by atoms with Gasteiger partial charge in [0.25, 0.3) is 11.4 Å². The minimum atomic E-state index is -0.107. The number of aromatic nitrogens is 2. The second kappa shape index (κ2) is 5.85. The molecule has 6 nitrogen and oxygen atoms in total. The van der Waals surface area contributed by atoms with E-state index in [9.17, 15) is 10.5 Å². The minimum absolute atomic E-state index is 0.107. The Kier molecular flexibility index (Phi) is 3.58. The predicted octanol–water partition coefficient (Wildman–Crippen LogP) is 1.89. The average Bonchev–Trinajstić information content (AvgIpc) is 2.64. The molecule has 6 heteroatoms. The van der Waals surface area contributed by atoms with Crippen molar-refractivity contribution in [3.63, 3.8) is 0 Å². The van der Waals surface area contributed by atoms with Gasteiger partial charge in [-0.15, -0.1) is 0 Å². The van der Waals surface area contributed by atoms with Crippen molar-refractivity contribution in [1.29, 1.82) is 10.5 Å². The quantitative estimate of drug-likeness (QED) is 0.469. The van der Waals surface area contributed by atoms with Gasteiger partial charge in [-0.05, 0) is 10.8 Å². The minimum Gasteiger partial charge on any atom is -0.254 e. The second-order valence-electron chi connectivity index (χ2n) is 4.69. The highest BCUT2D eigenvalue weighted by molar-refractivity contribution is 6.01. The lowest BCUT2D eigenvalue weighted by atomic mass is 10.0. The molecule has 0 radical (unpaired) electrons. The second-order valence-corrected chi connectivity index (χ2v) is 4.69. The molecule has 1 heterocycles. The molecule has 0 bridgehead atoms. The number of benzene rings is 2. The Morgan fingerprint density at radius 3 is 1.58 bits per heavy atom. The fourth-order valence-corrected chi connectivity index (χ4v) is 2.63. The topological polar surface area (TPSA) is 82.1 Å². The summed E-state index contributed by atoms with van der Waals surface area (Å²) >= 11 is 0. The van der Waals surface area contributed by atoms with E-state index < -0.39 is 0 Å². The van der Waals surface area contributed by atoms with E-state index in [1.165, 1.54) is 12.4 Å². The highest BCUT2D eigenvalue weighted by atomic mass is 14.8. The molecule has 24 heavy (non-hydrogen) atoms. The van der Waals surface area contributed by atoms with Gasteiger partial charge in [0, 0.05) is 22.8 Å². The van der Waals surface area contributed by atoms with E-state index in [0.717, 1.165) is 0 Å². The van der Waals surface area contributed by atoms with E-state index in [2.05, 4.69) is 19.7 Å². The first-order valence-electron chi connectivity index (χ1n) is 6.72. The Hall–Kier alpha value is -4.26. The van der Waals surface area contributed by atoms with Gasteiger partial charge in [0.05, 0.1) is 36.3 Å². The smallest absolute Gasteiger partial charge is 0.254 e. The predicted molar refractivity (Wildman–Crippen MR) is 87.5 cm³/mol. The summed E-state index contributed by atoms with van der Waals surface area (Å²) in [6.07, 6.45) is 2.90. The number of fused-ring (bicyclic) bond motifs is 2. The maximum absolute atomic E-state index is 9.31. The van der Waals surface area contributed by atoms with Gasteiger partial charge in [0.1, 0.15) is 0 Å². The van der Waals surface area contributed by atoms with Gasteiger partial charge in [-0.1, -0.05) is 24.3 Å². The SMILES string of the molecule is [C-]#[N+]C(C#N)=c1c2ccccc2c(=C(C#N)[N+]#[C-])c2nccnc12. The summed E-state index contributed by atoms with van der Waals surface area (Å²) in [5.41, 5.74) is 0.444. The summed E-state index contributed by atoms with van der Waals surface area (Å²) in [5, 5.41) is 20.5. The van der Waals surface area contributed by atoms with E-state index in [1.807, 2.05) is 12.1 Å². The third-order valence-corrected chi connectivity index (χ3v) is 3.55. The van der Waals surface area contributed by atoms with Gasteiger partial charge in [0.15, 0.2) is 0 Å². The van der Waals surface area contributed by atoms with Crippen LogP contribution in [0, 0.1) is 35.8 Å². The summed E-state index contributed by atoms with van der Waals surface area (Å²) in [4.78, 5) is 15.1. The molecule has 0 atom stereocenters. The maximum atomic E-state index is 9.31. The molecular weight excluding hydrogens is 300 g/mol. The van der Waals surface area contributed by atoms with Gasteiger partial charge in [-0.2, -0.15) is 0 Å². The molecule has 0 saturated heterocycles. The summed E-state index contributed by atoms with van der Waals surface area (Å²) in [6, 6.07) is 10.8. The molecule has 3 rings (SSSR count). The van der Waals surface area contributed by atoms with Gasteiger partial charge in [-0.25, -0.2) is 20.2 Å². The Morgan fingerprint density at radius 2 is 1.25 bits per heavy atom. The van der Waals surface area contributed by atoms with Crippen molar-refractivity contribution in [1.82, 2.24) is 9.97 Å². The number of rotatable bonds is 0. The first-order valence-corrected chi connectivity index (χ1v) is 6.72. The van der Waals surface area contributed by atoms with Crippen LogP contribution in [0.3, 0.4) is 0 Å². The van der Waals surface area contributed by atoms with E-state index in [1.54, 1.807) is 24.3 Å². The molecule has 0 aliphatic rings. The van der Waals surface area contributed by atoms with Crippen LogP contribution in [0.5, 0.6) is 0 Å². The Labute approximate surface area is 136 Å². The molecule has 2 aromatic carbocycles. The van der Waals surface area contributed by atoms with Crippen molar-refractivity contribution < 1.29 is 0 Å². The molecule has 0 spiro atoms. The third kappa shape index (κ3) is 2.01. The molecule has 1 aromatic heterocycles. The highest BCUT2D eigenvalue weighted by Gasteiger charge is 2.13. The van der Waals surface area contributed by atoms with Crippen molar-refractivity contribution in [2.45, 2.75) is 0 Å². The number of nitrogens with zero attached hydrogens (tertiary/aromatic N) is 6. The summed E-state index contributed by atoms with van der Waals surface area (Å²) in [7, 11) is 0. The van der Waals surface area contributed by atoms with Gasteiger partial charge >= 0.3 is 0 Å². The zero-order valence-corrected chi connectivity index (χ0v) is 12.1. The lowest BCUT2D eigenvalue weighted by Crippen LogP contribution is -2.19. The first-order chi connectivity index (χ1) is 11.8. The van der Waals surface area contributed by atoms with Crippen LogP contribution in [0.1, 0.15) is 0 Å². The molecule has 0 aliphatic carbocycles. The Morgan fingerprint density at radius 1 is 0.833 bits per heavy atom. The number of nitriles is 2. The molecule has 3 aromatic rings. The molecule has 0 fully saturated rings. The van der Waals surface area contributed by atoms with Crippen molar-refractivity contribution in [2.24, 2.45) is 0 Å². The van der Waals surface area contributed by atoms with Crippen molar-refractivity contribution in [3.05, 3.63) is 69.9 Å². The molecule has 0 amide bonds. The molecular formula is C18H6N6. The summed E-state index contributed by atoms with van der Waals surface area (Å²) < 4.78 is 0. The summed E-state index contributed by atoms with van der Waals surface area (Å²) in [6.45, 7) is 14.5. The third-order valence-electron chi connectivity index (χ3n) is 3.55. The van der Waals surface area contributed by atoms with Crippen LogP contribution < -0.4 is 10.4 Å². The Balaban J connectivity index is 2.95. The van der Waals surface area contributed by atoms with E-state index in [-0.39, 0.29) is 11.4 Å². The van der Waals surface area contributed by atoms with Crippen LogP contribution in [0.2, 0.25) is 0 Å². The van der Waals surface area contributed by atoms with Crippen LogP contribution in [0.4, 0.5) is 0 Å². The fourth-order valence-electron chi connectivity index (χ4n) is 2.63. The number of hydrogen-bond acceptors (Lipinski definition) is 4. The van der Waals surface area contributed by atoms with Crippen LogP contribution in [-0.4, -0.2) is 9.97 Å². The zero-order valence-electron chi connectivity index (χ0n) is 12.1.